The van der Waals surface area contributed by atoms with Crippen LogP contribution in [0.2, 0.25) is 5.15 Å². The third kappa shape index (κ3) is 0.924. The van der Waals surface area contributed by atoms with Crippen molar-refractivity contribution in [3.8, 4) is 0 Å². The Hall–Kier alpha value is -0.700. The van der Waals surface area contributed by atoms with Gasteiger partial charge in [0.2, 0.25) is 0 Å². The van der Waals surface area contributed by atoms with Gasteiger partial charge >= 0.3 is 0 Å². The lowest BCUT2D eigenvalue weighted by molar-refractivity contribution is 0.615. The van der Waals surface area contributed by atoms with Crippen LogP contribution in [0.4, 0.5) is 4.39 Å². The second-order valence-corrected chi connectivity index (χ2v) is 1.53. The fourth-order valence-corrected chi connectivity index (χ4v) is 0.406. The lowest BCUT2D eigenvalue weighted by Crippen LogP contribution is -1.82. The molecule has 0 saturated carbocycles. The molecule has 0 radical (unpaired) electrons. The first-order valence-corrected chi connectivity index (χ1v) is 2.31. The van der Waals surface area contributed by atoms with Crippen molar-refractivity contribution in [1.82, 2.24) is 10.2 Å². The summed E-state index contributed by atoms with van der Waals surface area (Å²) in [5.41, 5.74) is 0. The van der Waals surface area contributed by atoms with E-state index in [0.717, 1.165) is 6.07 Å². The lowest BCUT2D eigenvalue weighted by atomic mass is 10.6. The van der Waals surface area contributed by atoms with Crippen LogP contribution in [0, 0.1) is 5.82 Å². The zero-order valence-corrected chi connectivity index (χ0v) is 4.56. The lowest BCUT2D eigenvalue weighted by Gasteiger charge is -1.84. The molecule has 0 atom stereocenters. The van der Waals surface area contributed by atoms with Crippen LogP contribution >= 0.6 is 11.6 Å². The summed E-state index contributed by atoms with van der Waals surface area (Å²) < 4.78 is 12.1. The Labute approximate surface area is 50.3 Å². The zero-order chi connectivity index (χ0) is 5.98. The molecule has 1 aromatic rings. The van der Waals surface area contributed by atoms with Crippen LogP contribution in [0.25, 0.3) is 0 Å². The van der Waals surface area contributed by atoms with E-state index in [-0.39, 0.29) is 5.15 Å². The number of halogens is 2. The van der Waals surface area contributed by atoms with Crippen LogP contribution in [0.3, 0.4) is 0 Å². The molecule has 0 fully saturated rings. The molecule has 0 aliphatic rings. The Kier molecular flexibility index (Phi) is 1.39. The highest BCUT2D eigenvalue weighted by Crippen LogP contribution is 2.05. The van der Waals surface area contributed by atoms with Crippen molar-refractivity contribution < 1.29 is 4.39 Å². The summed E-state index contributed by atoms with van der Waals surface area (Å²) in [4.78, 5) is 0. The van der Waals surface area contributed by atoms with E-state index in [4.69, 9.17) is 11.6 Å². The summed E-state index contributed by atoms with van der Waals surface area (Å²) >= 11 is 5.16. The van der Waals surface area contributed by atoms with E-state index in [2.05, 4.69) is 10.2 Å². The van der Waals surface area contributed by atoms with Crippen LogP contribution in [0.15, 0.2) is 12.3 Å². The third-order valence-electron chi connectivity index (χ3n) is 0.630. The second-order valence-electron chi connectivity index (χ2n) is 1.17. The second kappa shape index (κ2) is 2.05. The van der Waals surface area contributed by atoms with Crippen LogP contribution in [-0.4, -0.2) is 10.2 Å². The summed E-state index contributed by atoms with van der Waals surface area (Å²) in [6.07, 6.45) is 1.24. The molecule has 1 aromatic heterocycles. The highest BCUT2D eigenvalue weighted by molar-refractivity contribution is 6.29. The van der Waals surface area contributed by atoms with E-state index < -0.39 is 5.82 Å². The molecule has 0 unspecified atom stereocenters. The monoisotopic (exact) mass is 132 g/mol. The van der Waals surface area contributed by atoms with Gasteiger partial charge in [-0.05, 0) is 6.07 Å². The molecule has 0 N–H and O–H groups in total. The number of hydrogen-bond donors (Lipinski definition) is 0. The SMILES string of the molecule is Fc1ccnnc1Cl. The van der Waals surface area contributed by atoms with Crippen molar-refractivity contribution >= 4 is 11.6 Å². The summed E-state index contributed by atoms with van der Waals surface area (Å²) in [6.45, 7) is 0. The molecule has 0 bridgehead atoms. The van der Waals surface area contributed by atoms with E-state index in [1.165, 1.54) is 6.20 Å². The van der Waals surface area contributed by atoms with E-state index in [0.29, 0.717) is 0 Å². The van der Waals surface area contributed by atoms with Crippen molar-refractivity contribution in [3.05, 3.63) is 23.2 Å². The number of rotatable bonds is 0. The Bertz CT molecular complexity index is 170. The Morgan fingerprint density at radius 2 is 2.38 bits per heavy atom. The predicted octanol–water partition coefficient (Wildman–Crippen LogP) is 1.27. The summed E-state index contributed by atoms with van der Waals surface area (Å²) in [7, 11) is 0. The van der Waals surface area contributed by atoms with Crippen LogP contribution in [-0.2, 0) is 0 Å². The Morgan fingerprint density at radius 1 is 1.62 bits per heavy atom. The van der Waals surface area contributed by atoms with Crippen LogP contribution < -0.4 is 0 Å². The van der Waals surface area contributed by atoms with Gasteiger partial charge in [0.1, 0.15) is 0 Å². The molecule has 0 amide bonds. The van der Waals surface area contributed by atoms with Gasteiger partial charge in [-0.3, -0.25) is 0 Å². The van der Waals surface area contributed by atoms with Gasteiger partial charge in [-0.15, -0.1) is 5.10 Å². The summed E-state index contributed by atoms with van der Waals surface area (Å²) in [5, 5.41) is 6.35. The van der Waals surface area contributed by atoms with E-state index >= 15 is 0 Å². The van der Waals surface area contributed by atoms with Gasteiger partial charge in [0.05, 0.1) is 6.20 Å². The van der Waals surface area contributed by atoms with E-state index in [1.54, 1.807) is 0 Å². The third-order valence-corrected chi connectivity index (χ3v) is 0.886. The standard InChI is InChI=1S/C4H2ClFN2/c5-4-3(6)1-2-7-8-4/h1-2H. The first-order chi connectivity index (χ1) is 3.80. The molecule has 2 nitrogen and oxygen atoms in total. The van der Waals surface area contributed by atoms with E-state index in [9.17, 15) is 4.39 Å². The molecule has 8 heavy (non-hydrogen) atoms. The van der Waals surface area contributed by atoms with Crippen molar-refractivity contribution in [3.63, 3.8) is 0 Å². The molecular weight excluding hydrogens is 131 g/mol. The fraction of sp³-hybridized carbons (Fsp3) is 0. The minimum atomic E-state index is -0.540. The van der Waals surface area contributed by atoms with Gasteiger partial charge in [-0.2, -0.15) is 5.10 Å². The van der Waals surface area contributed by atoms with Crippen molar-refractivity contribution in [1.29, 1.82) is 0 Å². The average molecular weight is 133 g/mol. The molecule has 1 rings (SSSR count). The molecule has 4 heteroatoms. The molecule has 0 aromatic carbocycles. The molecule has 0 spiro atoms. The van der Waals surface area contributed by atoms with Crippen LogP contribution in [0.5, 0.6) is 0 Å². The highest BCUT2D eigenvalue weighted by atomic mass is 35.5. The topological polar surface area (TPSA) is 25.8 Å². The molecule has 0 saturated heterocycles. The fourth-order valence-electron chi connectivity index (χ4n) is 0.299. The van der Waals surface area contributed by atoms with Crippen LogP contribution in [0.1, 0.15) is 0 Å². The van der Waals surface area contributed by atoms with Gasteiger partial charge < -0.3 is 0 Å². The van der Waals surface area contributed by atoms with Gasteiger partial charge in [0.25, 0.3) is 0 Å². The molecular formula is C4H2ClFN2. The number of nitrogens with zero attached hydrogens (tertiary/aromatic N) is 2. The quantitative estimate of drug-likeness (QED) is 0.531. The maximum atomic E-state index is 12.1. The first kappa shape index (κ1) is 5.44. The predicted molar refractivity (Wildman–Crippen MR) is 27.0 cm³/mol. The average Bonchev–Trinajstić information content (AvgIpc) is 1.77. The molecule has 42 valence electrons. The minimum Gasteiger partial charge on any atom is -0.203 e. The largest absolute Gasteiger partial charge is 0.203 e. The minimum absolute atomic E-state index is 0.187. The van der Waals surface area contributed by atoms with Gasteiger partial charge in [0.15, 0.2) is 11.0 Å². The molecule has 0 aliphatic heterocycles. The Balaban J connectivity index is 3.13. The maximum Gasteiger partial charge on any atom is 0.187 e. The van der Waals surface area contributed by atoms with Gasteiger partial charge in [0, 0.05) is 0 Å². The van der Waals surface area contributed by atoms with Gasteiger partial charge in [-0.25, -0.2) is 4.39 Å². The van der Waals surface area contributed by atoms with Gasteiger partial charge in [-0.1, -0.05) is 11.6 Å². The zero-order valence-electron chi connectivity index (χ0n) is 3.81. The smallest absolute Gasteiger partial charge is 0.187 e. The normalized spacial score (nSPS) is 9.25. The first-order valence-electron chi connectivity index (χ1n) is 1.93. The summed E-state index contributed by atoms with van der Waals surface area (Å²) in [5.74, 6) is -0.540. The Morgan fingerprint density at radius 3 is 2.75 bits per heavy atom. The van der Waals surface area contributed by atoms with Crippen molar-refractivity contribution in [2.45, 2.75) is 0 Å². The number of hydrogen-bond acceptors (Lipinski definition) is 2. The van der Waals surface area contributed by atoms with Crippen molar-refractivity contribution in [2.24, 2.45) is 0 Å². The molecule has 0 aliphatic carbocycles. The number of aromatic nitrogens is 2. The summed E-state index contributed by atoms with van der Waals surface area (Å²) in [6, 6.07) is 1.15. The van der Waals surface area contributed by atoms with Crippen molar-refractivity contribution in [2.75, 3.05) is 0 Å². The highest BCUT2D eigenvalue weighted by Gasteiger charge is 1.94. The molecule has 1 heterocycles. The van der Waals surface area contributed by atoms with E-state index in [1.807, 2.05) is 0 Å². The maximum absolute atomic E-state index is 12.1.